The van der Waals surface area contributed by atoms with Crippen molar-refractivity contribution in [2.24, 2.45) is 0 Å². The molecule has 196 valence electrons. The number of amides is 3. The summed E-state index contributed by atoms with van der Waals surface area (Å²) >= 11 is 5.78. The molecule has 1 saturated heterocycles. The molecule has 36 heavy (non-hydrogen) atoms. The van der Waals surface area contributed by atoms with Gasteiger partial charge >= 0.3 is 12.2 Å². The van der Waals surface area contributed by atoms with Crippen molar-refractivity contribution in [3.63, 3.8) is 0 Å². The smallest absolute Gasteiger partial charge is 0.314 e. The van der Waals surface area contributed by atoms with Crippen LogP contribution in [-0.2, 0) is 25.4 Å². The van der Waals surface area contributed by atoms with Crippen molar-refractivity contribution < 1.29 is 39.9 Å². The fourth-order valence-electron chi connectivity index (χ4n) is 3.49. The van der Waals surface area contributed by atoms with E-state index in [9.17, 15) is 35.6 Å². The van der Waals surface area contributed by atoms with Gasteiger partial charge in [-0.3, -0.25) is 9.69 Å². The topological polar surface area (TPSA) is 100 Å². The highest BCUT2D eigenvalue weighted by Gasteiger charge is 2.47. The minimum atomic E-state index is -4.78. The highest BCUT2D eigenvalue weighted by Crippen LogP contribution is 2.34. The lowest BCUT2D eigenvalue weighted by molar-refractivity contribution is -0.137. The molecule has 15 heteroatoms. The maximum atomic E-state index is 13.6. The van der Waals surface area contributed by atoms with Crippen molar-refractivity contribution in [1.29, 1.82) is 0 Å². The van der Waals surface area contributed by atoms with Gasteiger partial charge < -0.3 is 4.90 Å². The summed E-state index contributed by atoms with van der Waals surface area (Å²) in [5.74, 6) is -2.56. The quantitative estimate of drug-likeness (QED) is 0.479. The average Bonchev–Trinajstić information content (AvgIpc) is 3.08. The number of likely N-dealkylation sites (N-methyl/N-ethyl adjacent to an activating group) is 1. The van der Waals surface area contributed by atoms with Crippen molar-refractivity contribution in [2.75, 3.05) is 29.1 Å². The molecule has 0 bridgehead atoms. The summed E-state index contributed by atoms with van der Waals surface area (Å²) in [7, 11) is -2.96. The molecule has 1 aliphatic heterocycles. The fourth-order valence-corrected chi connectivity index (χ4v) is 4.63. The predicted octanol–water partition coefficient (Wildman–Crippen LogP) is 4.15. The monoisotopic (exact) mass is 552 g/mol. The number of carbonyl (C=O) groups is 2. The van der Waals surface area contributed by atoms with Gasteiger partial charge in [-0.2, -0.15) is 26.7 Å². The normalized spacial score (nSPS) is 16.6. The maximum absolute atomic E-state index is 13.6. The Morgan fingerprint density at radius 3 is 2.53 bits per heavy atom. The lowest BCUT2D eigenvalue weighted by Crippen LogP contribution is -2.47. The molecule has 2 aromatic rings. The number of anilines is 2. The van der Waals surface area contributed by atoms with Crippen molar-refractivity contribution in [1.82, 2.24) is 10.0 Å². The van der Waals surface area contributed by atoms with E-state index in [0.29, 0.717) is 16.0 Å². The first-order valence-corrected chi connectivity index (χ1v) is 12.4. The SMILES string of the molecule is CCCS(=O)(=O)ON1C[C@@H](C(=O)N(C)c2ccc(F)c(Cl)c2)N(c2cc(C(F)(F)F)cc(C)n2)C1=O. The summed E-state index contributed by atoms with van der Waals surface area (Å²) in [6.07, 6.45) is -4.62. The number of nitrogens with zero attached hydrogens (tertiary/aromatic N) is 4. The van der Waals surface area contributed by atoms with Crippen LogP contribution in [0.15, 0.2) is 30.3 Å². The van der Waals surface area contributed by atoms with Crippen LogP contribution in [0, 0.1) is 12.7 Å². The Hall–Kier alpha value is -2.97. The molecule has 1 atom stereocenters. The van der Waals surface area contributed by atoms with Crippen LogP contribution in [0.25, 0.3) is 0 Å². The lowest BCUT2D eigenvalue weighted by Gasteiger charge is -2.26. The summed E-state index contributed by atoms with van der Waals surface area (Å²) < 4.78 is 83.1. The van der Waals surface area contributed by atoms with Gasteiger partial charge in [0.1, 0.15) is 17.7 Å². The molecule has 2 heterocycles. The van der Waals surface area contributed by atoms with Crippen molar-refractivity contribution in [2.45, 2.75) is 32.5 Å². The van der Waals surface area contributed by atoms with Crippen molar-refractivity contribution >= 4 is 45.2 Å². The van der Waals surface area contributed by atoms with Crippen LogP contribution in [0.5, 0.6) is 0 Å². The number of benzene rings is 1. The van der Waals surface area contributed by atoms with E-state index in [2.05, 4.69) is 4.98 Å². The van der Waals surface area contributed by atoms with Crippen molar-refractivity contribution in [3.05, 3.63) is 52.4 Å². The van der Waals surface area contributed by atoms with Gasteiger partial charge in [0.25, 0.3) is 16.0 Å². The third kappa shape index (κ3) is 5.87. The van der Waals surface area contributed by atoms with Crippen LogP contribution in [0.4, 0.5) is 33.9 Å². The second kappa shape index (κ2) is 10.2. The first-order valence-electron chi connectivity index (χ1n) is 10.5. The Morgan fingerprint density at radius 2 is 1.94 bits per heavy atom. The number of aromatic nitrogens is 1. The number of hydrogen-bond acceptors (Lipinski definition) is 6. The number of alkyl halides is 3. The Morgan fingerprint density at radius 1 is 1.28 bits per heavy atom. The van der Waals surface area contributed by atoms with Gasteiger partial charge in [-0.15, -0.1) is 4.28 Å². The first kappa shape index (κ1) is 27.6. The van der Waals surface area contributed by atoms with Crippen LogP contribution in [0.3, 0.4) is 0 Å². The van der Waals surface area contributed by atoms with Gasteiger partial charge in [0.15, 0.2) is 0 Å². The van der Waals surface area contributed by atoms with E-state index in [4.69, 9.17) is 15.9 Å². The standard InChI is InChI=1S/C21H21ClF4N4O5S/c1-4-7-36(33,34)35-29-11-17(19(31)28(3)14-5-6-16(23)15(22)10-14)30(20(29)32)18-9-13(21(24,25)26)8-12(2)27-18/h5-6,8-10,17H,4,7,11H2,1-3H3/t17-/m0/s1. The summed E-state index contributed by atoms with van der Waals surface area (Å²) in [6, 6.07) is 1.96. The highest BCUT2D eigenvalue weighted by molar-refractivity contribution is 7.86. The molecule has 0 unspecified atom stereocenters. The van der Waals surface area contributed by atoms with Crippen LogP contribution >= 0.6 is 11.6 Å². The van der Waals surface area contributed by atoms with Gasteiger partial charge in [0.05, 0.1) is 22.9 Å². The highest BCUT2D eigenvalue weighted by atomic mass is 35.5. The summed E-state index contributed by atoms with van der Waals surface area (Å²) in [4.78, 5) is 32.1. The Kier molecular flexibility index (Phi) is 7.81. The minimum absolute atomic E-state index is 0.101. The molecule has 0 N–H and O–H groups in total. The zero-order chi connectivity index (χ0) is 27.0. The van der Waals surface area contributed by atoms with Gasteiger partial charge in [0.2, 0.25) is 0 Å². The zero-order valence-corrected chi connectivity index (χ0v) is 20.8. The molecular formula is C21H21ClF4N4O5S. The number of rotatable bonds is 7. The lowest BCUT2D eigenvalue weighted by atomic mass is 10.1. The van der Waals surface area contributed by atoms with Gasteiger partial charge in [0, 0.05) is 18.4 Å². The largest absolute Gasteiger partial charge is 0.416 e. The van der Waals surface area contributed by atoms with E-state index in [0.717, 1.165) is 23.1 Å². The van der Waals surface area contributed by atoms with Gasteiger partial charge in [-0.05, 0) is 43.7 Å². The second-order valence-corrected chi connectivity index (χ2v) is 9.99. The summed E-state index contributed by atoms with van der Waals surface area (Å²) in [5, 5.41) is 0.0911. The van der Waals surface area contributed by atoms with Gasteiger partial charge in [-0.1, -0.05) is 18.5 Å². The number of pyridine rings is 1. The van der Waals surface area contributed by atoms with Crippen LogP contribution < -0.4 is 9.80 Å². The number of hydrogen-bond donors (Lipinski definition) is 0. The number of urea groups is 1. The molecule has 0 saturated carbocycles. The third-order valence-corrected chi connectivity index (χ3v) is 6.75. The van der Waals surface area contributed by atoms with E-state index in [-0.39, 0.29) is 22.8 Å². The van der Waals surface area contributed by atoms with Crippen LogP contribution in [-0.4, -0.2) is 55.8 Å². The van der Waals surface area contributed by atoms with E-state index in [1.807, 2.05) is 0 Å². The molecule has 1 fully saturated rings. The molecule has 1 aromatic heterocycles. The molecule has 3 amide bonds. The third-order valence-electron chi connectivity index (χ3n) is 5.15. The summed E-state index contributed by atoms with van der Waals surface area (Å²) in [5.41, 5.74) is -1.11. The minimum Gasteiger partial charge on any atom is -0.314 e. The van der Waals surface area contributed by atoms with E-state index >= 15 is 0 Å². The Balaban J connectivity index is 2.06. The number of halogens is 5. The number of carbonyl (C=O) groups excluding carboxylic acids is 2. The second-order valence-electron chi connectivity index (χ2n) is 7.91. The number of aryl methyl sites for hydroxylation is 1. The van der Waals surface area contributed by atoms with Gasteiger partial charge in [-0.25, -0.2) is 14.2 Å². The summed E-state index contributed by atoms with van der Waals surface area (Å²) in [6.45, 7) is 2.18. The van der Waals surface area contributed by atoms with Crippen LogP contribution in [0.1, 0.15) is 24.6 Å². The molecular weight excluding hydrogens is 532 g/mol. The molecule has 1 aromatic carbocycles. The Labute approximate surface area is 209 Å². The predicted molar refractivity (Wildman–Crippen MR) is 122 cm³/mol. The van der Waals surface area contributed by atoms with Crippen molar-refractivity contribution in [3.8, 4) is 0 Å². The average molecular weight is 553 g/mol. The number of hydroxylamine groups is 2. The Bertz CT molecular complexity index is 1290. The fraction of sp³-hybridized carbons (Fsp3) is 0.381. The molecule has 3 rings (SSSR count). The van der Waals surface area contributed by atoms with E-state index in [1.165, 1.54) is 20.0 Å². The maximum Gasteiger partial charge on any atom is 0.416 e. The zero-order valence-electron chi connectivity index (χ0n) is 19.2. The molecule has 0 radical (unpaired) electrons. The molecule has 0 aliphatic carbocycles. The molecule has 0 spiro atoms. The van der Waals surface area contributed by atoms with E-state index < -0.39 is 63.8 Å². The van der Waals surface area contributed by atoms with E-state index in [1.54, 1.807) is 6.92 Å². The first-order chi connectivity index (χ1) is 16.6. The van der Waals surface area contributed by atoms with Crippen LogP contribution in [0.2, 0.25) is 5.02 Å². The molecule has 1 aliphatic rings. The molecule has 9 nitrogen and oxygen atoms in total.